The minimum atomic E-state index is -0.435. The summed E-state index contributed by atoms with van der Waals surface area (Å²) in [6.07, 6.45) is 4.81. The first-order valence-corrected chi connectivity index (χ1v) is 6.40. The molecular formula is C13H20N4O2. The summed E-state index contributed by atoms with van der Waals surface area (Å²) in [5, 5.41) is 3.33. The van der Waals surface area contributed by atoms with E-state index in [1.807, 2.05) is 20.8 Å². The van der Waals surface area contributed by atoms with Crippen molar-refractivity contribution in [2.45, 2.75) is 39.0 Å². The van der Waals surface area contributed by atoms with Gasteiger partial charge in [-0.3, -0.25) is 9.97 Å². The molecule has 6 heteroatoms. The predicted molar refractivity (Wildman–Crippen MR) is 70.5 cm³/mol. The zero-order chi connectivity index (χ0) is 13.9. The maximum absolute atomic E-state index is 11.7. The van der Waals surface area contributed by atoms with Crippen LogP contribution in [0.3, 0.4) is 0 Å². The van der Waals surface area contributed by atoms with Crippen LogP contribution in [-0.4, -0.2) is 45.7 Å². The van der Waals surface area contributed by atoms with Crippen LogP contribution in [0.1, 0.15) is 26.5 Å². The Kier molecular flexibility index (Phi) is 3.99. The molecule has 0 saturated carbocycles. The van der Waals surface area contributed by atoms with E-state index in [2.05, 4.69) is 15.3 Å². The van der Waals surface area contributed by atoms with E-state index in [0.29, 0.717) is 25.7 Å². The van der Waals surface area contributed by atoms with Gasteiger partial charge in [0.05, 0.1) is 5.69 Å². The lowest BCUT2D eigenvalue weighted by molar-refractivity contribution is 0.00516. The minimum absolute atomic E-state index is 0.245. The van der Waals surface area contributed by atoms with Gasteiger partial charge in [-0.05, 0) is 20.8 Å². The molecule has 1 aromatic rings. The second kappa shape index (κ2) is 5.52. The van der Waals surface area contributed by atoms with E-state index in [4.69, 9.17) is 4.74 Å². The van der Waals surface area contributed by atoms with Crippen molar-refractivity contribution in [3.05, 3.63) is 24.3 Å². The lowest BCUT2D eigenvalue weighted by atomic mass is 10.1. The van der Waals surface area contributed by atoms with Crippen LogP contribution >= 0.6 is 0 Å². The number of amides is 1. The Bertz CT molecular complexity index is 424. The molecular weight excluding hydrogens is 244 g/mol. The van der Waals surface area contributed by atoms with Crippen molar-refractivity contribution in [1.82, 2.24) is 20.2 Å². The Morgan fingerprint density at radius 2 is 2.21 bits per heavy atom. The highest BCUT2D eigenvalue weighted by Gasteiger charge is 2.33. The van der Waals surface area contributed by atoms with Gasteiger partial charge in [-0.25, -0.2) is 4.79 Å². The van der Waals surface area contributed by atoms with E-state index in [1.54, 1.807) is 23.5 Å². The number of hydrogen-bond donors (Lipinski definition) is 1. The molecule has 1 fully saturated rings. The van der Waals surface area contributed by atoms with Crippen LogP contribution in [-0.2, 0) is 11.3 Å². The standard InChI is InChI=1S/C13H20N4O2/c1-13(2,3)19-12(18)17-8-11(9-17)16-7-10-6-14-4-5-15-10/h4-6,11,16H,7-9H2,1-3H3. The number of rotatable bonds is 3. The number of hydrogen-bond acceptors (Lipinski definition) is 5. The average molecular weight is 264 g/mol. The Hall–Kier alpha value is -1.69. The summed E-state index contributed by atoms with van der Waals surface area (Å²) in [6.45, 7) is 7.63. The molecule has 2 heterocycles. The van der Waals surface area contributed by atoms with Crippen LogP contribution in [0.2, 0.25) is 0 Å². The van der Waals surface area contributed by atoms with E-state index < -0.39 is 5.60 Å². The molecule has 0 aliphatic carbocycles. The normalized spacial score (nSPS) is 16.1. The van der Waals surface area contributed by atoms with Gasteiger partial charge in [-0.2, -0.15) is 0 Å². The lowest BCUT2D eigenvalue weighted by Gasteiger charge is -2.40. The molecule has 104 valence electrons. The molecule has 0 aromatic carbocycles. The molecule has 0 spiro atoms. The van der Waals surface area contributed by atoms with Gasteiger partial charge in [0.2, 0.25) is 0 Å². The number of aromatic nitrogens is 2. The number of carbonyl (C=O) groups is 1. The van der Waals surface area contributed by atoms with Crippen LogP contribution < -0.4 is 5.32 Å². The largest absolute Gasteiger partial charge is 0.444 e. The predicted octanol–water partition coefficient (Wildman–Crippen LogP) is 1.19. The van der Waals surface area contributed by atoms with E-state index in [9.17, 15) is 4.79 Å². The van der Waals surface area contributed by atoms with E-state index in [1.165, 1.54) is 0 Å². The minimum Gasteiger partial charge on any atom is -0.444 e. The van der Waals surface area contributed by atoms with E-state index in [0.717, 1.165) is 5.69 Å². The fourth-order valence-corrected chi connectivity index (χ4v) is 1.75. The average Bonchev–Trinajstić information content (AvgIpc) is 2.25. The van der Waals surface area contributed by atoms with Crippen LogP contribution in [0.4, 0.5) is 4.79 Å². The van der Waals surface area contributed by atoms with Gasteiger partial charge in [0.15, 0.2) is 0 Å². The van der Waals surface area contributed by atoms with E-state index in [-0.39, 0.29) is 6.09 Å². The number of nitrogens with one attached hydrogen (secondary N) is 1. The summed E-state index contributed by atoms with van der Waals surface area (Å²) in [7, 11) is 0. The molecule has 2 rings (SSSR count). The molecule has 1 N–H and O–H groups in total. The molecule has 1 amide bonds. The first-order valence-electron chi connectivity index (χ1n) is 6.40. The zero-order valence-corrected chi connectivity index (χ0v) is 11.6. The third-order valence-corrected chi connectivity index (χ3v) is 2.72. The molecule has 19 heavy (non-hydrogen) atoms. The van der Waals surface area contributed by atoms with Gasteiger partial charge >= 0.3 is 6.09 Å². The van der Waals surface area contributed by atoms with Gasteiger partial charge in [0.1, 0.15) is 5.60 Å². The number of nitrogens with zero attached hydrogens (tertiary/aromatic N) is 3. The summed E-state index contributed by atoms with van der Waals surface area (Å²) in [5.74, 6) is 0. The quantitative estimate of drug-likeness (QED) is 0.888. The third kappa shape index (κ3) is 4.17. The Morgan fingerprint density at radius 3 is 2.79 bits per heavy atom. The van der Waals surface area contributed by atoms with E-state index >= 15 is 0 Å². The second-order valence-corrected chi connectivity index (χ2v) is 5.66. The van der Waals surface area contributed by atoms with Crippen molar-refractivity contribution in [2.24, 2.45) is 0 Å². The summed E-state index contributed by atoms with van der Waals surface area (Å²) in [5.41, 5.74) is 0.466. The van der Waals surface area contributed by atoms with Gasteiger partial charge in [0, 0.05) is 44.3 Å². The first kappa shape index (κ1) is 13.7. The molecule has 0 radical (unpaired) electrons. The Balaban J connectivity index is 1.68. The van der Waals surface area contributed by atoms with Crippen molar-refractivity contribution in [3.63, 3.8) is 0 Å². The number of carbonyl (C=O) groups excluding carboxylic acids is 1. The smallest absolute Gasteiger partial charge is 0.410 e. The van der Waals surface area contributed by atoms with Gasteiger partial charge in [0.25, 0.3) is 0 Å². The maximum Gasteiger partial charge on any atom is 0.410 e. The van der Waals surface area contributed by atoms with Crippen molar-refractivity contribution in [3.8, 4) is 0 Å². The van der Waals surface area contributed by atoms with Crippen LogP contribution in [0.5, 0.6) is 0 Å². The lowest BCUT2D eigenvalue weighted by Crippen LogP contribution is -2.60. The fourth-order valence-electron chi connectivity index (χ4n) is 1.75. The highest BCUT2D eigenvalue weighted by atomic mass is 16.6. The van der Waals surface area contributed by atoms with Crippen LogP contribution in [0.15, 0.2) is 18.6 Å². The van der Waals surface area contributed by atoms with Gasteiger partial charge in [-0.15, -0.1) is 0 Å². The van der Waals surface area contributed by atoms with Gasteiger partial charge < -0.3 is 15.0 Å². The molecule has 1 saturated heterocycles. The monoisotopic (exact) mass is 264 g/mol. The third-order valence-electron chi connectivity index (χ3n) is 2.72. The van der Waals surface area contributed by atoms with Crippen molar-refractivity contribution in [2.75, 3.05) is 13.1 Å². The molecule has 0 atom stereocenters. The summed E-state index contributed by atoms with van der Waals surface area (Å²) in [4.78, 5) is 21.6. The molecule has 1 aliphatic rings. The molecule has 1 aliphatic heterocycles. The fraction of sp³-hybridized carbons (Fsp3) is 0.615. The zero-order valence-electron chi connectivity index (χ0n) is 11.6. The van der Waals surface area contributed by atoms with Gasteiger partial charge in [-0.1, -0.05) is 0 Å². The summed E-state index contributed by atoms with van der Waals surface area (Å²) < 4.78 is 5.29. The van der Waals surface area contributed by atoms with Crippen LogP contribution in [0, 0.1) is 0 Å². The molecule has 6 nitrogen and oxygen atoms in total. The van der Waals surface area contributed by atoms with Crippen molar-refractivity contribution in [1.29, 1.82) is 0 Å². The second-order valence-electron chi connectivity index (χ2n) is 5.66. The van der Waals surface area contributed by atoms with Crippen molar-refractivity contribution >= 4 is 6.09 Å². The molecule has 0 bridgehead atoms. The topological polar surface area (TPSA) is 67.3 Å². The maximum atomic E-state index is 11.7. The molecule has 1 aromatic heterocycles. The Morgan fingerprint density at radius 1 is 1.47 bits per heavy atom. The summed E-state index contributed by atoms with van der Waals surface area (Å²) >= 11 is 0. The molecule has 0 unspecified atom stereocenters. The Labute approximate surface area is 113 Å². The van der Waals surface area contributed by atoms with Crippen molar-refractivity contribution < 1.29 is 9.53 Å². The first-order chi connectivity index (χ1) is 8.94. The number of ether oxygens (including phenoxy) is 1. The van der Waals surface area contributed by atoms with Crippen LogP contribution in [0.25, 0.3) is 0 Å². The SMILES string of the molecule is CC(C)(C)OC(=O)N1CC(NCc2cnccn2)C1. The summed E-state index contributed by atoms with van der Waals surface area (Å²) in [6, 6.07) is 0.300. The number of likely N-dealkylation sites (tertiary alicyclic amines) is 1. The highest BCUT2D eigenvalue weighted by Crippen LogP contribution is 2.15. The highest BCUT2D eigenvalue weighted by molar-refractivity contribution is 5.69.